The van der Waals surface area contributed by atoms with Gasteiger partial charge in [0.2, 0.25) is 0 Å². The third kappa shape index (κ3) is 2.75. The zero-order chi connectivity index (χ0) is 13.1. The Bertz CT molecular complexity index is 485. The van der Waals surface area contributed by atoms with Gasteiger partial charge in [0, 0.05) is 18.3 Å². The van der Waals surface area contributed by atoms with E-state index in [1.54, 1.807) is 0 Å². The Labute approximate surface area is 103 Å². The molecule has 7 heteroatoms. The summed E-state index contributed by atoms with van der Waals surface area (Å²) in [5.41, 5.74) is 2.62. The molecule has 96 valence electrons. The molecule has 1 saturated carbocycles. The lowest BCUT2D eigenvalue weighted by Gasteiger charge is -2.07. The van der Waals surface area contributed by atoms with Gasteiger partial charge in [-0.2, -0.15) is 0 Å². The van der Waals surface area contributed by atoms with E-state index < -0.39 is 10.8 Å². The number of hydrogen-bond acceptors (Lipinski definition) is 5. The molecular weight excluding hydrogens is 236 g/mol. The maximum atomic E-state index is 11.9. The maximum Gasteiger partial charge on any atom is 0.282 e. The lowest BCUT2D eigenvalue weighted by Crippen LogP contribution is -2.26. The second-order valence-corrected chi connectivity index (χ2v) is 4.29. The Morgan fingerprint density at radius 2 is 2.22 bits per heavy atom. The minimum Gasteiger partial charge on any atom is -0.352 e. The van der Waals surface area contributed by atoms with E-state index >= 15 is 0 Å². The van der Waals surface area contributed by atoms with Crippen LogP contribution < -0.4 is 16.6 Å². The molecule has 1 fully saturated rings. The Kier molecular flexibility index (Phi) is 3.42. The van der Waals surface area contributed by atoms with Crippen molar-refractivity contribution in [2.75, 3.05) is 12.0 Å². The number of amides is 1. The third-order valence-electron chi connectivity index (χ3n) is 2.85. The van der Waals surface area contributed by atoms with Crippen LogP contribution in [0.1, 0.15) is 23.2 Å². The van der Waals surface area contributed by atoms with Crippen LogP contribution in [0.2, 0.25) is 0 Å². The van der Waals surface area contributed by atoms with Gasteiger partial charge in [-0.15, -0.1) is 0 Å². The molecule has 0 bridgehead atoms. The molecule has 1 aliphatic rings. The fourth-order valence-electron chi connectivity index (χ4n) is 1.62. The Morgan fingerprint density at radius 3 is 2.78 bits per heavy atom. The SMILES string of the molecule is NNc1ccc([N+](=O)[O-])c(C(=O)NCC2CC2)c1. The summed E-state index contributed by atoms with van der Waals surface area (Å²) >= 11 is 0. The van der Waals surface area contributed by atoms with Crippen LogP contribution >= 0.6 is 0 Å². The van der Waals surface area contributed by atoms with Crippen molar-refractivity contribution in [2.45, 2.75) is 12.8 Å². The van der Waals surface area contributed by atoms with Gasteiger partial charge < -0.3 is 10.7 Å². The Morgan fingerprint density at radius 1 is 1.50 bits per heavy atom. The third-order valence-corrected chi connectivity index (χ3v) is 2.85. The van der Waals surface area contributed by atoms with Crippen LogP contribution in [0, 0.1) is 16.0 Å². The van der Waals surface area contributed by atoms with Gasteiger partial charge in [-0.1, -0.05) is 0 Å². The standard InChI is InChI=1S/C11H14N4O3/c12-14-8-3-4-10(15(17)18)9(5-8)11(16)13-6-7-1-2-7/h3-5,7,14H,1-2,6,12H2,(H,13,16). The van der Waals surface area contributed by atoms with Crippen LogP contribution in [0.15, 0.2) is 18.2 Å². The first-order chi connectivity index (χ1) is 8.61. The molecular formula is C11H14N4O3. The number of nitrogens with zero attached hydrogens (tertiary/aromatic N) is 1. The van der Waals surface area contributed by atoms with Gasteiger partial charge in [0.1, 0.15) is 5.56 Å². The normalized spacial score (nSPS) is 14.1. The number of carbonyl (C=O) groups is 1. The van der Waals surface area contributed by atoms with Crippen molar-refractivity contribution in [1.29, 1.82) is 0 Å². The second-order valence-electron chi connectivity index (χ2n) is 4.29. The van der Waals surface area contributed by atoms with Crippen LogP contribution in [-0.2, 0) is 0 Å². The number of anilines is 1. The average Bonchev–Trinajstić information content (AvgIpc) is 3.19. The van der Waals surface area contributed by atoms with E-state index in [9.17, 15) is 14.9 Å². The van der Waals surface area contributed by atoms with E-state index in [0.717, 1.165) is 12.8 Å². The molecule has 0 aliphatic heterocycles. The summed E-state index contributed by atoms with van der Waals surface area (Å²) in [5, 5.41) is 13.5. The van der Waals surface area contributed by atoms with Gasteiger partial charge in [-0.05, 0) is 30.9 Å². The number of hydrazine groups is 1. The van der Waals surface area contributed by atoms with Crippen molar-refractivity contribution in [2.24, 2.45) is 11.8 Å². The van der Waals surface area contributed by atoms with Crippen LogP contribution in [0.3, 0.4) is 0 Å². The molecule has 0 atom stereocenters. The van der Waals surface area contributed by atoms with Crippen molar-refractivity contribution >= 4 is 17.3 Å². The van der Waals surface area contributed by atoms with Crippen molar-refractivity contribution in [3.63, 3.8) is 0 Å². The summed E-state index contributed by atoms with van der Waals surface area (Å²) in [6, 6.07) is 4.09. The van der Waals surface area contributed by atoms with Gasteiger partial charge in [-0.3, -0.25) is 20.8 Å². The van der Waals surface area contributed by atoms with Gasteiger partial charge in [-0.25, -0.2) is 0 Å². The summed E-state index contributed by atoms with van der Waals surface area (Å²) in [4.78, 5) is 22.2. The highest BCUT2D eigenvalue weighted by Gasteiger charge is 2.24. The highest BCUT2D eigenvalue weighted by Crippen LogP contribution is 2.28. The number of hydrogen-bond donors (Lipinski definition) is 3. The molecule has 0 radical (unpaired) electrons. The van der Waals surface area contributed by atoms with Crippen LogP contribution in [0.4, 0.5) is 11.4 Å². The smallest absolute Gasteiger partial charge is 0.282 e. The monoisotopic (exact) mass is 250 g/mol. The summed E-state index contributed by atoms with van der Waals surface area (Å²) in [6.07, 6.45) is 2.21. The molecule has 1 aliphatic carbocycles. The molecule has 7 nitrogen and oxygen atoms in total. The van der Waals surface area contributed by atoms with Crippen molar-refractivity contribution in [3.8, 4) is 0 Å². The lowest BCUT2D eigenvalue weighted by molar-refractivity contribution is -0.385. The number of nitrogens with one attached hydrogen (secondary N) is 2. The van der Waals surface area contributed by atoms with Gasteiger partial charge in [0.05, 0.1) is 4.92 Å². The van der Waals surface area contributed by atoms with Crippen LogP contribution in [0.25, 0.3) is 0 Å². The number of nitrogens with two attached hydrogens (primary N) is 1. The topological polar surface area (TPSA) is 110 Å². The van der Waals surface area contributed by atoms with E-state index in [-0.39, 0.29) is 11.3 Å². The summed E-state index contributed by atoms with van der Waals surface area (Å²) in [5.74, 6) is 5.30. The van der Waals surface area contributed by atoms with Crippen molar-refractivity contribution in [3.05, 3.63) is 33.9 Å². The molecule has 4 N–H and O–H groups in total. The van der Waals surface area contributed by atoms with Crippen LogP contribution in [-0.4, -0.2) is 17.4 Å². The molecule has 0 aromatic heterocycles. The van der Waals surface area contributed by atoms with Crippen LogP contribution in [0.5, 0.6) is 0 Å². The second kappa shape index (κ2) is 5.01. The summed E-state index contributed by atoms with van der Waals surface area (Å²) < 4.78 is 0. The number of nitrogen functional groups attached to an aromatic ring is 1. The number of nitro benzene ring substituents is 1. The molecule has 1 amide bonds. The minimum atomic E-state index is -0.577. The molecule has 0 heterocycles. The first-order valence-corrected chi connectivity index (χ1v) is 5.65. The van der Waals surface area contributed by atoms with Crippen molar-refractivity contribution in [1.82, 2.24) is 5.32 Å². The molecule has 2 rings (SSSR count). The molecule has 0 unspecified atom stereocenters. The van der Waals surface area contributed by atoms with Crippen molar-refractivity contribution < 1.29 is 9.72 Å². The lowest BCUT2D eigenvalue weighted by atomic mass is 10.1. The Hall–Kier alpha value is -2.15. The van der Waals surface area contributed by atoms with E-state index in [0.29, 0.717) is 18.2 Å². The van der Waals surface area contributed by atoms with Gasteiger partial charge >= 0.3 is 0 Å². The number of nitro groups is 1. The average molecular weight is 250 g/mol. The predicted molar refractivity (Wildman–Crippen MR) is 66.0 cm³/mol. The maximum absolute atomic E-state index is 11.9. The highest BCUT2D eigenvalue weighted by molar-refractivity contribution is 5.99. The molecule has 1 aromatic rings. The van der Waals surface area contributed by atoms with Gasteiger partial charge in [0.15, 0.2) is 0 Å². The highest BCUT2D eigenvalue weighted by atomic mass is 16.6. The predicted octanol–water partition coefficient (Wildman–Crippen LogP) is 1.02. The first kappa shape index (κ1) is 12.3. The fraction of sp³-hybridized carbons (Fsp3) is 0.364. The molecule has 0 spiro atoms. The zero-order valence-corrected chi connectivity index (χ0v) is 9.68. The van der Waals surface area contributed by atoms with Gasteiger partial charge in [0.25, 0.3) is 11.6 Å². The van der Waals surface area contributed by atoms with E-state index in [1.165, 1.54) is 18.2 Å². The minimum absolute atomic E-state index is 0.0242. The molecule has 18 heavy (non-hydrogen) atoms. The fourth-order valence-corrected chi connectivity index (χ4v) is 1.62. The number of rotatable bonds is 5. The van der Waals surface area contributed by atoms with E-state index in [4.69, 9.17) is 5.84 Å². The first-order valence-electron chi connectivity index (χ1n) is 5.65. The summed E-state index contributed by atoms with van der Waals surface area (Å²) in [7, 11) is 0. The summed E-state index contributed by atoms with van der Waals surface area (Å²) in [6.45, 7) is 0.566. The van der Waals surface area contributed by atoms with E-state index in [2.05, 4.69) is 10.7 Å². The van der Waals surface area contributed by atoms with E-state index in [1.807, 2.05) is 0 Å². The molecule has 1 aromatic carbocycles. The molecule has 0 saturated heterocycles. The largest absolute Gasteiger partial charge is 0.352 e. The number of benzene rings is 1. The quantitative estimate of drug-likeness (QED) is 0.410. The number of carbonyl (C=O) groups excluding carboxylic acids is 1. The Balaban J connectivity index is 2.20. The zero-order valence-electron chi connectivity index (χ0n) is 9.68.